The third-order valence-electron chi connectivity index (χ3n) is 3.00. The topological polar surface area (TPSA) is 23.5 Å². The fraction of sp³-hybridized carbons (Fsp3) is 0.385. The summed E-state index contributed by atoms with van der Waals surface area (Å²) >= 11 is 1.79. The molecule has 1 aromatic heterocycles. The van der Waals surface area contributed by atoms with Crippen LogP contribution in [-0.2, 0) is 6.54 Å². The standard InChI is InChI=1S/C13H17NOS/c1-10(8-15)14(2)7-11-9-16-13-6-4-3-5-12(11)13/h3-6,9-10,15H,7-8H2,1-2H3. The van der Waals surface area contributed by atoms with Gasteiger partial charge < -0.3 is 5.11 Å². The van der Waals surface area contributed by atoms with Crippen LogP contribution in [0.15, 0.2) is 29.6 Å². The molecule has 3 heteroatoms. The van der Waals surface area contributed by atoms with Crippen molar-refractivity contribution in [2.75, 3.05) is 13.7 Å². The first kappa shape index (κ1) is 11.6. The van der Waals surface area contributed by atoms with Crippen LogP contribution in [-0.4, -0.2) is 29.7 Å². The highest BCUT2D eigenvalue weighted by Crippen LogP contribution is 2.26. The largest absolute Gasteiger partial charge is 0.395 e. The van der Waals surface area contributed by atoms with Crippen LogP contribution in [0.5, 0.6) is 0 Å². The second kappa shape index (κ2) is 4.95. The molecule has 0 fully saturated rings. The van der Waals surface area contributed by atoms with Gasteiger partial charge in [0.15, 0.2) is 0 Å². The van der Waals surface area contributed by atoms with E-state index in [1.54, 1.807) is 11.3 Å². The summed E-state index contributed by atoms with van der Waals surface area (Å²) in [7, 11) is 2.05. The summed E-state index contributed by atoms with van der Waals surface area (Å²) in [4.78, 5) is 2.18. The Morgan fingerprint density at radius 3 is 2.88 bits per heavy atom. The van der Waals surface area contributed by atoms with Crippen molar-refractivity contribution in [1.29, 1.82) is 0 Å². The summed E-state index contributed by atoms with van der Waals surface area (Å²) in [6, 6.07) is 8.67. The molecule has 2 aromatic rings. The lowest BCUT2D eigenvalue weighted by atomic mass is 10.1. The number of thiophene rings is 1. The van der Waals surface area contributed by atoms with Crippen molar-refractivity contribution in [3.05, 3.63) is 35.2 Å². The van der Waals surface area contributed by atoms with Gasteiger partial charge in [-0.2, -0.15) is 0 Å². The fourth-order valence-corrected chi connectivity index (χ4v) is 2.67. The van der Waals surface area contributed by atoms with Crippen LogP contribution in [0.1, 0.15) is 12.5 Å². The van der Waals surface area contributed by atoms with Gasteiger partial charge in [-0.1, -0.05) is 18.2 Å². The van der Waals surface area contributed by atoms with Crippen LogP contribution in [0.25, 0.3) is 10.1 Å². The van der Waals surface area contributed by atoms with E-state index in [1.807, 2.05) is 14.0 Å². The van der Waals surface area contributed by atoms with E-state index in [0.29, 0.717) is 0 Å². The van der Waals surface area contributed by atoms with Gasteiger partial charge in [0.2, 0.25) is 0 Å². The molecule has 1 N–H and O–H groups in total. The van der Waals surface area contributed by atoms with E-state index in [2.05, 4.69) is 34.5 Å². The fourth-order valence-electron chi connectivity index (χ4n) is 1.72. The van der Waals surface area contributed by atoms with Gasteiger partial charge in [-0.15, -0.1) is 11.3 Å². The van der Waals surface area contributed by atoms with E-state index in [-0.39, 0.29) is 12.6 Å². The highest BCUT2D eigenvalue weighted by Gasteiger charge is 2.10. The molecule has 0 bridgehead atoms. The SMILES string of the molecule is CC(CO)N(C)Cc1csc2ccccc12. The first-order valence-electron chi connectivity index (χ1n) is 5.48. The molecule has 0 spiro atoms. The predicted octanol–water partition coefficient (Wildman–Crippen LogP) is 2.71. The molecule has 0 saturated heterocycles. The normalized spacial score (nSPS) is 13.5. The quantitative estimate of drug-likeness (QED) is 0.880. The van der Waals surface area contributed by atoms with Crippen LogP contribution in [0.4, 0.5) is 0 Å². The van der Waals surface area contributed by atoms with E-state index < -0.39 is 0 Å². The molecule has 2 nitrogen and oxygen atoms in total. The molecule has 0 aliphatic rings. The first-order valence-corrected chi connectivity index (χ1v) is 6.36. The summed E-state index contributed by atoms with van der Waals surface area (Å²) in [5, 5.41) is 12.7. The smallest absolute Gasteiger partial charge is 0.0584 e. The Kier molecular flexibility index (Phi) is 3.59. The number of fused-ring (bicyclic) bond motifs is 1. The number of benzene rings is 1. The predicted molar refractivity (Wildman–Crippen MR) is 69.8 cm³/mol. The number of hydrogen-bond donors (Lipinski definition) is 1. The Morgan fingerprint density at radius 2 is 2.12 bits per heavy atom. The van der Waals surface area contributed by atoms with Crippen molar-refractivity contribution in [3.8, 4) is 0 Å². The number of nitrogens with zero attached hydrogens (tertiary/aromatic N) is 1. The van der Waals surface area contributed by atoms with E-state index in [0.717, 1.165) is 6.54 Å². The number of likely N-dealkylation sites (N-methyl/N-ethyl adjacent to an activating group) is 1. The molecule has 0 radical (unpaired) electrons. The van der Waals surface area contributed by atoms with E-state index >= 15 is 0 Å². The number of hydrogen-bond acceptors (Lipinski definition) is 3. The summed E-state index contributed by atoms with van der Waals surface area (Å²) in [6.07, 6.45) is 0. The molecule has 1 unspecified atom stereocenters. The van der Waals surface area contributed by atoms with E-state index in [4.69, 9.17) is 5.11 Å². The minimum Gasteiger partial charge on any atom is -0.395 e. The Balaban J connectivity index is 2.21. The monoisotopic (exact) mass is 235 g/mol. The van der Waals surface area contributed by atoms with Crippen LogP contribution in [0.3, 0.4) is 0 Å². The molecule has 2 rings (SSSR count). The number of aliphatic hydroxyl groups excluding tert-OH is 1. The molecule has 16 heavy (non-hydrogen) atoms. The summed E-state index contributed by atoms with van der Waals surface area (Å²) in [5.41, 5.74) is 1.35. The molecule has 0 saturated carbocycles. The second-order valence-electron chi connectivity index (χ2n) is 4.20. The molecule has 1 heterocycles. The molecule has 0 amide bonds. The van der Waals surface area contributed by atoms with Crippen molar-refractivity contribution in [1.82, 2.24) is 4.90 Å². The van der Waals surface area contributed by atoms with Crippen molar-refractivity contribution < 1.29 is 5.11 Å². The van der Waals surface area contributed by atoms with Crippen molar-refractivity contribution in [2.24, 2.45) is 0 Å². The van der Waals surface area contributed by atoms with Gasteiger partial charge in [-0.25, -0.2) is 0 Å². The zero-order valence-electron chi connectivity index (χ0n) is 9.68. The van der Waals surface area contributed by atoms with Gasteiger partial charge in [0.1, 0.15) is 0 Å². The van der Waals surface area contributed by atoms with E-state index in [9.17, 15) is 0 Å². The third-order valence-corrected chi connectivity index (χ3v) is 4.01. The number of aliphatic hydroxyl groups is 1. The second-order valence-corrected chi connectivity index (χ2v) is 5.12. The Hall–Kier alpha value is -0.900. The first-order chi connectivity index (χ1) is 7.72. The molecule has 1 aromatic carbocycles. The lowest BCUT2D eigenvalue weighted by molar-refractivity contribution is 0.154. The minimum absolute atomic E-state index is 0.207. The van der Waals surface area contributed by atoms with Gasteiger partial charge in [0.05, 0.1) is 6.61 Å². The maximum atomic E-state index is 9.11. The summed E-state index contributed by atoms with van der Waals surface area (Å²) in [5.74, 6) is 0. The van der Waals surface area contributed by atoms with E-state index in [1.165, 1.54) is 15.6 Å². The summed E-state index contributed by atoms with van der Waals surface area (Å²) in [6.45, 7) is 3.14. The maximum Gasteiger partial charge on any atom is 0.0584 e. The van der Waals surface area contributed by atoms with Gasteiger partial charge in [-0.05, 0) is 36.4 Å². The van der Waals surface area contributed by atoms with Gasteiger partial charge in [0.25, 0.3) is 0 Å². The summed E-state index contributed by atoms with van der Waals surface area (Å²) < 4.78 is 1.34. The molecular formula is C13H17NOS. The van der Waals surface area contributed by atoms with Crippen molar-refractivity contribution >= 4 is 21.4 Å². The molecule has 86 valence electrons. The van der Waals surface area contributed by atoms with Gasteiger partial charge >= 0.3 is 0 Å². The van der Waals surface area contributed by atoms with Crippen molar-refractivity contribution in [2.45, 2.75) is 19.5 Å². The van der Waals surface area contributed by atoms with Crippen LogP contribution in [0, 0.1) is 0 Å². The van der Waals surface area contributed by atoms with Crippen LogP contribution >= 0.6 is 11.3 Å². The Morgan fingerprint density at radius 1 is 1.38 bits per heavy atom. The minimum atomic E-state index is 0.207. The average molecular weight is 235 g/mol. The molecule has 0 aliphatic carbocycles. The maximum absolute atomic E-state index is 9.11. The average Bonchev–Trinajstić information content (AvgIpc) is 2.72. The third kappa shape index (κ3) is 2.26. The molecule has 1 atom stereocenters. The van der Waals surface area contributed by atoms with Crippen LogP contribution in [0.2, 0.25) is 0 Å². The van der Waals surface area contributed by atoms with Crippen LogP contribution < -0.4 is 0 Å². The zero-order chi connectivity index (χ0) is 11.5. The zero-order valence-corrected chi connectivity index (χ0v) is 10.5. The highest BCUT2D eigenvalue weighted by molar-refractivity contribution is 7.17. The van der Waals surface area contributed by atoms with Gasteiger partial charge in [0, 0.05) is 17.3 Å². The molecular weight excluding hydrogens is 218 g/mol. The Labute approximate surface area is 100 Å². The van der Waals surface area contributed by atoms with Gasteiger partial charge in [-0.3, -0.25) is 4.90 Å². The van der Waals surface area contributed by atoms with Crippen molar-refractivity contribution in [3.63, 3.8) is 0 Å². The number of rotatable bonds is 4. The molecule has 0 aliphatic heterocycles. The highest BCUT2D eigenvalue weighted by atomic mass is 32.1. The lowest BCUT2D eigenvalue weighted by Gasteiger charge is -2.22. The Bertz CT molecular complexity index is 466. The lowest BCUT2D eigenvalue weighted by Crippen LogP contribution is -2.31.